The van der Waals surface area contributed by atoms with Gasteiger partial charge in [-0.2, -0.15) is 0 Å². The lowest BCUT2D eigenvalue weighted by atomic mass is 10.2. The van der Waals surface area contributed by atoms with E-state index in [9.17, 15) is 8.42 Å². The molecule has 0 amide bonds. The molecule has 1 aromatic carbocycles. The number of hydrogen-bond donors (Lipinski definition) is 3. The molecule has 6 nitrogen and oxygen atoms in total. The first-order valence-corrected chi connectivity index (χ1v) is 7.85. The second-order valence-electron chi connectivity index (χ2n) is 4.15. The normalized spacial score (nSPS) is 11.7. The van der Waals surface area contributed by atoms with Crippen LogP contribution < -0.4 is 10.5 Å². The van der Waals surface area contributed by atoms with Crippen LogP contribution in [0, 0.1) is 0 Å². The van der Waals surface area contributed by atoms with Crippen molar-refractivity contribution in [3.05, 3.63) is 47.0 Å². The van der Waals surface area contributed by atoms with Crippen LogP contribution >= 0.6 is 11.6 Å². The number of nitrogens with one attached hydrogen (secondary N) is 2. The van der Waals surface area contributed by atoms with Gasteiger partial charge in [-0.3, -0.25) is 0 Å². The lowest BCUT2D eigenvalue weighted by Gasteiger charge is -2.09. The topological polar surface area (TPSA) is 101 Å². The summed E-state index contributed by atoms with van der Waals surface area (Å²) >= 11 is 5.94. The second kappa shape index (κ2) is 6.36. The zero-order chi connectivity index (χ0) is 14.6. The first-order chi connectivity index (χ1) is 9.53. The molecule has 0 aliphatic heterocycles. The lowest BCUT2D eigenvalue weighted by molar-refractivity contribution is 0.581. The molecule has 0 atom stereocenters. The van der Waals surface area contributed by atoms with Crippen molar-refractivity contribution in [2.24, 2.45) is 5.73 Å². The van der Waals surface area contributed by atoms with E-state index in [0.717, 1.165) is 5.82 Å². The molecule has 0 radical (unpaired) electrons. The van der Waals surface area contributed by atoms with Crippen LogP contribution in [0.15, 0.2) is 35.5 Å². The van der Waals surface area contributed by atoms with Crippen molar-refractivity contribution in [1.82, 2.24) is 14.7 Å². The zero-order valence-electron chi connectivity index (χ0n) is 10.6. The Bertz CT molecular complexity index is 671. The number of nitrogens with zero attached hydrogens (tertiary/aromatic N) is 1. The van der Waals surface area contributed by atoms with E-state index in [0.29, 0.717) is 12.0 Å². The Kier molecular flexibility index (Phi) is 4.77. The lowest BCUT2D eigenvalue weighted by Crippen LogP contribution is -2.26. The number of hydrogen-bond acceptors (Lipinski definition) is 4. The predicted octanol–water partition coefficient (Wildman–Crippen LogP) is 1.04. The second-order valence-corrected chi connectivity index (χ2v) is 6.30. The SMILES string of the molecule is NCc1ccc(Cl)c(S(=O)(=O)NCCc2ncc[nH]2)c1. The summed E-state index contributed by atoms with van der Waals surface area (Å²) in [5.74, 6) is 0.717. The van der Waals surface area contributed by atoms with Crippen LogP contribution in [0.1, 0.15) is 11.4 Å². The number of imidazole rings is 1. The monoisotopic (exact) mass is 314 g/mol. The third-order valence-electron chi connectivity index (χ3n) is 2.73. The first-order valence-electron chi connectivity index (χ1n) is 5.99. The van der Waals surface area contributed by atoms with Gasteiger partial charge < -0.3 is 10.7 Å². The fraction of sp³-hybridized carbons (Fsp3) is 0.250. The molecule has 20 heavy (non-hydrogen) atoms. The largest absolute Gasteiger partial charge is 0.349 e. The van der Waals surface area contributed by atoms with Crippen LogP contribution in [0.2, 0.25) is 5.02 Å². The number of nitrogens with two attached hydrogens (primary N) is 1. The fourth-order valence-electron chi connectivity index (χ4n) is 1.70. The minimum absolute atomic E-state index is 0.0431. The predicted molar refractivity (Wildman–Crippen MR) is 76.8 cm³/mol. The highest BCUT2D eigenvalue weighted by molar-refractivity contribution is 7.89. The van der Waals surface area contributed by atoms with E-state index >= 15 is 0 Å². The van der Waals surface area contributed by atoms with Gasteiger partial charge in [-0.25, -0.2) is 18.1 Å². The van der Waals surface area contributed by atoms with Gasteiger partial charge in [-0.15, -0.1) is 0 Å². The van der Waals surface area contributed by atoms with E-state index < -0.39 is 10.0 Å². The van der Waals surface area contributed by atoms with Crippen molar-refractivity contribution in [1.29, 1.82) is 0 Å². The number of rotatable bonds is 6. The highest BCUT2D eigenvalue weighted by Gasteiger charge is 2.18. The van der Waals surface area contributed by atoms with Crippen LogP contribution in [0.3, 0.4) is 0 Å². The number of H-pyrrole nitrogens is 1. The van der Waals surface area contributed by atoms with Crippen molar-refractivity contribution in [2.75, 3.05) is 6.54 Å². The van der Waals surface area contributed by atoms with Gasteiger partial charge in [0.1, 0.15) is 10.7 Å². The molecule has 108 valence electrons. The molecule has 0 aliphatic carbocycles. The minimum Gasteiger partial charge on any atom is -0.349 e. The standard InChI is InChI=1S/C12H15ClN4O2S/c13-10-2-1-9(8-14)7-11(10)20(18,19)17-4-3-12-15-5-6-16-12/h1-2,5-7,17H,3-4,8,14H2,(H,15,16). The van der Waals surface area contributed by atoms with Crippen molar-refractivity contribution in [3.8, 4) is 0 Å². The highest BCUT2D eigenvalue weighted by Crippen LogP contribution is 2.22. The zero-order valence-corrected chi connectivity index (χ0v) is 12.2. The average Bonchev–Trinajstić information content (AvgIpc) is 2.92. The van der Waals surface area contributed by atoms with E-state index in [1.165, 1.54) is 12.1 Å². The van der Waals surface area contributed by atoms with Crippen molar-refractivity contribution >= 4 is 21.6 Å². The van der Waals surface area contributed by atoms with E-state index in [-0.39, 0.29) is 23.0 Å². The van der Waals surface area contributed by atoms with Gasteiger partial charge in [0.15, 0.2) is 0 Å². The van der Waals surface area contributed by atoms with Crippen LogP contribution in [-0.4, -0.2) is 24.9 Å². The van der Waals surface area contributed by atoms with Gasteiger partial charge in [0, 0.05) is 31.9 Å². The molecule has 1 heterocycles. The third kappa shape index (κ3) is 3.57. The van der Waals surface area contributed by atoms with Gasteiger partial charge in [0.25, 0.3) is 0 Å². The molecule has 0 saturated heterocycles. The molecule has 2 rings (SSSR count). The van der Waals surface area contributed by atoms with Crippen molar-refractivity contribution in [2.45, 2.75) is 17.9 Å². The van der Waals surface area contributed by atoms with Gasteiger partial charge in [0.2, 0.25) is 10.0 Å². The summed E-state index contributed by atoms with van der Waals surface area (Å²) in [5, 5.41) is 0.174. The molecule has 0 aliphatic rings. The molecule has 8 heteroatoms. The molecule has 0 spiro atoms. The number of halogens is 1. The van der Waals surface area contributed by atoms with Gasteiger partial charge in [0.05, 0.1) is 5.02 Å². The fourth-order valence-corrected chi connectivity index (χ4v) is 3.28. The summed E-state index contributed by atoms with van der Waals surface area (Å²) in [6.07, 6.45) is 3.78. The Morgan fingerprint density at radius 3 is 2.85 bits per heavy atom. The Balaban J connectivity index is 2.09. The minimum atomic E-state index is -3.66. The van der Waals surface area contributed by atoms with Crippen LogP contribution in [0.4, 0.5) is 0 Å². The average molecular weight is 315 g/mol. The van der Waals surface area contributed by atoms with E-state index in [4.69, 9.17) is 17.3 Å². The third-order valence-corrected chi connectivity index (χ3v) is 4.67. The number of aromatic nitrogens is 2. The molecule has 4 N–H and O–H groups in total. The summed E-state index contributed by atoms with van der Waals surface area (Å²) in [4.78, 5) is 6.97. The number of benzene rings is 1. The maximum Gasteiger partial charge on any atom is 0.242 e. The Labute approximate surface area is 122 Å². The molecule has 0 unspecified atom stereocenters. The Morgan fingerprint density at radius 1 is 1.40 bits per heavy atom. The van der Waals surface area contributed by atoms with E-state index in [1.807, 2.05) is 0 Å². The summed E-state index contributed by atoms with van der Waals surface area (Å²) in [7, 11) is -3.66. The molecule has 0 saturated carbocycles. The smallest absolute Gasteiger partial charge is 0.242 e. The summed E-state index contributed by atoms with van der Waals surface area (Å²) < 4.78 is 26.9. The molecule has 0 fully saturated rings. The number of sulfonamides is 1. The maximum absolute atomic E-state index is 12.2. The van der Waals surface area contributed by atoms with E-state index in [2.05, 4.69) is 14.7 Å². The maximum atomic E-state index is 12.2. The van der Waals surface area contributed by atoms with Crippen molar-refractivity contribution in [3.63, 3.8) is 0 Å². The molecule has 2 aromatic rings. The summed E-state index contributed by atoms with van der Waals surface area (Å²) in [5.41, 5.74) is 6.21. The quantitative estimate of drug-likeness (QED) is 0.741. The van der Waals surface area contributed by atoms with Crippen molar-refractivity contribution < 1.29 is 8.42 Å². The first kappa shape index (κ1) is 15.0. The van der Waals surface area contributed by atoms with Gasteiger partial charge >= 0.3 is 0 Å². The highest BCUT2D eigenvalue weighted by atomic mass is 35.5. The van der Waals surface area contributed by atoms with Crippen LogP contribution in [-0.2, 0) is 23.0 Å². The van der Waals surface area contributed by atoms with E-state index in [1.54, 1.807) is 18.5 Å². The summed E-state index contributed by atoms with van der Waals surface area (Å²) in [6.45, 7) is 0.491. The van der Waals surface area contributed by atoms with Crippen LogP contribution in [0.5, 0.6) is 0 Å². The molecule has 1 aromatic heterocycles. The summed E-state index contributed by atoms with van der Waals surface area (Å²) in [6, 6.07) is 4.71. The Morgan fingerprint density at radius 2 is 2.20 bits per heavy atom. The Hall–Kier alpha value is -1.41. The van der Waals surface area contributed by atoms with Gasteiger partial charge in [-0.1, -0.05) is 17.7 Å². The van der Waals surface area contributed by atoms with Gasteiger partial charge in [-0.05, 0) is 17.7 Å². The van der Waals surface area contributed by atoms with Crippen LogP contribution in [0.25, 0.3) is 0 Å². The number of aromatic amines is 1. The molecular weight excluding hydrogens is 300 g/mol. The molecule has 0 bridgehead atoms. The molecular formula is C12H15ClN4O2S.